The summed E-state index contributed by atoms with van der Waals surface area (Å²) in [5.41, 5.74) is 4.87. The van der Waals surface area contributed by atoms with Crippen LogP contribution >= 0.6 is 11.6 Å². The van der Waals surface area contributed by atoms with Crippen molar-refractivity contribution in [2.75, 3.05) is 0 Å². The van der Waals surface area contributed by atoms with Crippen LogP contribution in [-0.4, -0.2) is 19.9 Å². The highest BCUT2D eigenvalue weighted by atomic mass is 35.5. The summed E-state index contributed by atoms with van der Waals surface area (Å²) in [7, 11) is 0. The van der Waals surface area contributed by atoms with Gasteiger partial charge in [-0.3, -0.25) is 4.98 Å². The highest BCUT2D eigenvalue weighted by Gasteiger charge is 2.21. The van der Waals surface area contributed by atoms with Crippen LogP contribution in [0.15, 0.2) is 66.9 Å². The Hall–Kier alpha value is -3.11. The van der Waals surface area contributed by atoms with Gasteiger partial charge in [0, 0.05) is 33.3 Å². The molecule has 0 aliphatic carbocycles. The first-order chi connectivity index (χ1) is 15.5. The van der Waals surface area contributed by atoms with Crippen molar-refractivity contribution in [3.63, 3.8) is 0 Å². The molecule has 33 heavy (non-hydrogen) atoms. The maximum atomic E-state index is 6.01. The fraction of sp³-hybridized carbons (Fsp3) is 0.286. The number of benzene rings is 2. The van der Waals surface area contributed by atoms with Crippen LogP contribution in [0.3, 0.4) is 0 Å². The zero-order chi connectivity index (χ0) is 23.8. The van der Waals surface area contributed by atoms with E-state index in [4.69, 9.17) is 26.6 Å². The van der Waals surface area contributed by atoms with Gasteiger partial charge in [0.25, 0.3) is 0 Å². The molecule has 0 unspecified atom stereocenters. The summed E-state index contributed by atoms with van der Waals surface area (Å²) in [6.45, 7) is 13.0. The van der Waals surface area contributed by atoms with E-state index in [9.17, 15) is 0 Å². The normalized spacial score (nSPS) is 12.1. The molecule has 0 radical (unpaired) electrons. The molecule has 2 aromatic carbocycles. The van der Waals surface area contributed by atoms with Crippen molar-refractivity contribution >= 4 is 11.6 Å². The number of rotatable bonds is 3. The van der Waals surface area contributed by atoms with Gasteiger partial charge in [-0.1, -0.05) is 89.5 Å². The van der Waals surface area contributed by atoms with Crippen molar-refractivity contribution in [2.24, 2.45) is 0 Å². The van der Waals surface area contributed by atoms with Crippen LogP contribution in [0.2, 0.25) is 5.02 Å². The molecule has 2 aromatic heterocycles. The van der Waals surface area contributed by atoms with E-state index in [2.05, 4.69) is 70.8 Å². The second-order valence-electron chi connectivity index (χ2n) is 10.3. The van der Waals surface area contributed by atoms with E-state index in [-0.39, 0.29) is 10.8 Å². The van der Waals surface area contributed by atoms with Gasteiger partial charge in [-0.25, -0.2) is 15.0 Å². The maximum Gasteiger partial charge on any atom is 0.165 e. The summed E-state index contributed by atoms with van der Waals surface area (Å²) >= 11 is 6.01. The van der Waals surface area contributed by atoms with E-state index in [1.807, 2.05) is 42.6 Å². The van der Waals surface area contributed by atoms with E-state index in [1.165, 1.54) is 5.56 Å². The van der Waals surface area contributed by atoms with Crippen LogP contribution in [0.1, 0.15) is 52.9 Å². The molecule has 0 atom stereocenters. The molecule has 0 aliphatic heterocycles. The van der Waals surface area contributed by atoms with Gasteiger partial charge in [-0.2, -0.15) is 0 Å². The number of hydrogen-bond acceptors (Lipinski definition) is 4. The Balaban J connectivity index is 1.74. The first kappa shape index (κ1) is 23.1. The van der Waals surface area contributed by atoms with Crippen molar-refractivity contribution < 1.29 is 0 Å². The van der Waals surface area contributed by atoms with Crippen molar-refractivity contribution in [3.8, 4) is 34.0 Å². The molecule has 4 rings (SSSR count). The lowest BCUT2D eigenvalue weighted by atomic mass is 9.86. The van der Waals surface area contributed by atoms with Crippen molar-refractivity contribution in [1.29, 1.82) is 0 Å². The van der Waals surface area contributed by atoms with Crippen LogP contribution in [-0.2, 0) is 10.8 Å². The Bertz CT molecular complexity index is 1250. The second-order valence-corrected chi connectivity index (χ2v) is 10.8. The van der Waals surface area contributed by atoms with Gasteiger partial charge < -0.3 is 0 Å². The molecule has 4 nitrogen and oxygen atoms in total. The van der Waals surface area contributed by atoms with Crippen LogP contribution in [0.25, 0.3) is 34.0 Å². The van der Waals surface area contributed by atoms with Gasteiger partial charge in [-0.15, -0.1) is 0 Å². The monoisotopic (exact) mass is 456 g/mol. The quantitative estimate of drug-likeness (QED) is 0.320. The van der Waals surface area contributed by atoms with E-state index < -0.39 is 0 Å². The summed E-state index contributed by atoms with van der Waals surface area (Å²) in [5, 5.41) is 0.707. The Morgan fingerprint density at radius 2 is 1.12 bits per heavy atom. The molecule has 0 saturated heterocycles. The average molecular weight is 457 g/mol. The Morgan fingerprint density at radius 3 is 1.64 bits per heavy atom. The summed E-state index contributed by atoms with van der Waals surface area (Å²) in [4.78, 5) is 19.1. The number of halogens is 1. The number of hydrogen-bond donors (Lipinski definition) is 0. The average Bonchev–Trinajstić information content (AvgIpc) is 2.78. The Morgan fingerprint density at radius 1 is 0.576 bits per heavy atom. The highest BCUT2D eigenvalue weighted by Crippen LogP contribution is 2.29. The molecule has 0 N–H and O–H groups in total. The van der Waals surface area contributed by atoms with Crippen molar-refractivity contribution in [1.82, 2.24) is 19.9 Å². The van der Waals surface area contributed by atoms with Crippen LogP contribution in [0, 0.1) is 0 Å². The fourth-order valence-corrected chi connectivity index (χ4v) is 3.53. The first-order valence-electron chi connectivity index (χ1n) is 11.1. The van der Waals surface area contributed by atoms with E-state index in [0.29, 0.717) is 16.7 Å². The first-order valence-corrected chi connectivity index (χ1v) is 11.5. The van der Waals surface area contributed by atoms with Gasteiger partial charge in [0.15, 0.2) is 11.6 Å². The minimum absolute atomic E-state index is 0.0941. The van der Waals surface area contributed by atoms with Crippen LogP contribution in [0.4, 0.5) is 0 Å². The molecule has 5 heteroatoms. The third kappa shape index (κ3) is 5.28. The summed E-state index contributed by atoms with van der Waals surface area (Å²) < 4.78 is 0. The molecule has 168 valence electrons. The molecular formula is C28H29ClN4. The van der Waals surface area contributed by atoms with Gasteiger partial charge in [0.05, 0.1) is 5.69 Å². The van der Waals surface area contributed by atoms with Gasteiger partial charge in [0.1, 0.15) is 5.82 Å². The van der Waals surface area contributed by atoms with Gasteiger partial charge in [0.2, 0.25) is 0 Å². The van der Waals surface area contributed by atoms with Crippen LogP contribution in [0.5, 0.6) is 0 Å². The van der Waals surface area contributed by atoms with Crippen molar-refractivity contribution in [3.05, 3.63) is 83.3 Å². The highest BCUT2D eigenvalue weighted by molar-refractivity contribution is 6.30. The second kappa shape index (κ2) is 8.68. The molecule has 0 aliphatic rings. The lowest BCUT2D eigenvalue weighted by Crippen LogP contribution is -2.18. The molecule has 0 saturated carbocycles. The third-order valence-corrected chi connectivity index (χ3v) is 5.73. The van der Waals surface area contributed by atoms with E-state index >= 15 is 0 Å². The van der Waals surface area contributed by atoms with Gasteiger partial charge in [-0.05, 0) is 35.2 Å². The summed E-state index contributed by atoms with van der Waals surface area (Å²) in [5.74, 6) is 2.05. The minimum atomic E-state index is -0.214. The molecule has 4 aromatic rings. The maximum absolute atomic E-state index is 6.01. The molecule has 0 amide bonds. The number of aromatic nitrogens is 4. The van der Waals surface area contributed by atoms with E-state index in [1.54, 1.807) is 0 Å². The molecule has 0 bridgehead atoms. The van der Waals surface area contributed by atoms with Gasteiger partial charge >= 0.3 is 0 Å². The van der Waals surface area contributed by atoms with E-state index in [0.717, 1.165) is 28.2 Å². The lowest BCUT2D eigenvalue weighted by molar-refractivity contribution is 0.543. The predicted octanol–water partition coefficient (Wildman–Crippen LogP) is 7.52. The summed E-state index contributed by atoms with van der Waals surface area (Å²) in [6.07, 6.45) is 1.82. The van der Waals surface area contributed by atoms with Crippen molar-refractivity contribution in [2.45, 2.75) is 52.4 Å². The lowest BCUT2D eigenvalue weighted by Gasteiger charge is -2.20. The molecular weight excluding hydrogens is 428 g/mol. The van der Waals surface area contributed by atoms with Crippen LogP contribution < -0.4 is 0 Å². The Labute approximate surface area is 201 Å². The predicted molar refractivity (Wildman–Crippen MR) is 136 cm³/mol. The fourth-order valence-electron chi connectivity index (χ4n) is 3.41. The number of nitrogens with zero attached hydrogens (tertiary/aromatic N) is 4. The third-order valence-electron chi connectivity index (χ3n) is 5.48. The SMILES string of the molecule is CC(C)(C)c1ccc(-c2nc(-c3ccc(-c4ccc(Cl)cc4)nc3)nc(C(C)(C)C)n2)cc1. The molecule has 0 spiro atoms. The minimum Gasteiger partial charge on any atom is -0.255 e. The zero-order valence-electron chi connectivity index (χ0n) is 20.0. The molecule has 0 fully saturated rings. The topological polar surface area (TPSA) is 51.6 Å². The molecule has 2 heterocycles. The zero-order valence-corrected chi connectivity index (χ0v) is 20.8. The largest absolute Gasteiger partial charge is 0.255 e. The standard InChI is InChI=1S/C28H29ClN4/c1-27(2,3)21-12-7-19(8-13-21)24-31-25(33-26(32-24)28(4,5)6)20-11-16-23(30-17-20)18-9-14-22(29)15-10-18/h7-17H,1-6H3. The smallest absolute Gasteiger partial charge is 0.165 e. The Kier molecular flexibility index (Phi) is 6.06. The number of pyridine rings is 1. The summed E-state index contributed by atoms with van der Waals surface area (Å²) in [6, 6.07) is 20.1.